The number of hydrogen-bond donors (Lipinski definition) is 1. The summed E-state index contributed by atoms with van der Waals surface area (Å²) in [7, 11) is 2.66. The normalized spacial score (nSPS) is 23.4. The Morgan fingerprint density at radius 1 is 1.22 bits per heavy atom. The van der Waals surface area contributed by atoms with Gasteiger partial charge < -0.3 is 14.8 Å². The van der Waals surface area contributed by atoms with Gasteiger partial charge >= 0.3 is 0 Å². The van der Waals surface area contributed by atoms with Crippen LogP contribution < -0.4 is 14.8 Å². The van der Waals surface area contributed by atoms with Gasteiger partial charge in [-0.2, -0.15) is 0 Å². The first kappa shape index (κ1) is 13.2. The van der Waals surface area contributed by atoms with Gasteiger partial charge in [-0.3, -0.25) is 4.21 Å². The molecule has 0 aromatic heterocycles. The van der Waals surface area contributed by atoms with Crippen LogP contribution >= 0.6 is 0 Å². The molecular weight excluding hydrogens is 250 g/mol. The Bertz CT molecular complexity index is 426. The summed E-state index contributed by atoms with van der Waals surface area (Å²) in [5, 5.41) is 3.46. The summed E-state index contributed by atoms with van der Waals surface area (Å²) >= 11 is 0. The third-order valence-electron chi connectivity index (χ3n) is 3.16. The van der Waals surface area contributed by atoms with Crippen molar-refractivity contribution in [3.63, 3.8) is 0 Å². The van der Waals surface area contributed by atoms with Crippen LogP contribution in [-0.2, 0) is 10.8 Å². The summed E-state index contributed by atoms with van der Waals surface area (Å²) in [6, 6.07) is 6.11. The molecule has 0 bridgehead atoms. The summed E-state index contributed by atoms with van der Waals surface area (Å²) in [5.41, 5.74) is 0.969. The largest absolute Gasteiger partial charge is 0.497 e. The van der Waals surface area contributed by atoms with Crippen LogP contribution in [0.2, 0.25) is 0 Å². The van der Waals surface area contributed by atoms with Crippen LogP contribution in [0.1, 0.15) is 12.8 Å². The van der Waals surface area contributed by atoms with E-state index in [-0.39, 0.29) is 0 Å². The zero-order valence-electron chi connectivity index (χ0n) is 10.8. The first-order chi connectivity index (χ1) is 8.72. The number of nitrogens with one attached hydrogen (secondary N) is 1. The minimum atomic E-state index is -0.622. The van der Waals surface area contributed by atoms with E-state index in [1.165, 1.54) is 0 Å². The maximum absolute atomic E-state index is 11.3. The molecule has 1 aromatic carbocycles. The van der Waals surface area contributed by atoms with Crippen molar-refractivity contribution in [2.75, 3.05) is 31.0 Å². The van der Waals surface area contributed by atoms with Crippen molar-refractivity contribution >= 4 is 16.5 Å². The average Bonchev–Trinajstić information content (AvgIpc) is 2.41. The maximum atomic E-state index is 11.3. The maximum Gasteiger partial charge on any atom is 0.145 e. The highest BCUT2D eigenvalue weighted by molar-refractivity contribution is 7.85. The highest BCUT2D eigenvalue weighted by Gasteiger charge is 2.18. The second-order valence-corrected chi connectivity index (χ2v) is 6.03. The summed E-state index contributed by atoms with van der Waals surface area (Å²) in [6.07, 6.45) is 1.89. The number of anilines is 1. The van der Waals surface area contributed by atoms with Crippen LogP contribution in [0.5, 0.6) is 11.5 Å². The van der Waals surface area contributed by atoms with E-state index in [0.29, 0.717) is 6.04 Å². The van der Waals surface area contributed by atoms with Crippen molar-refractivity contribution in [1.82, 2.24) is 0 Å². The van der Waals surface area contributed by atoms with Gasteiger partial charge in [0.1, 0.15) is 11.5 Å². The molecule has 2 rings (SSSR count). The predicted octanol–water partition coefficient (Wildman–Crippen LogP) is 2.03. The monoisotopic (exact) mass is 269 g/mol. The van der Waals surface area contributed by atoms with E-state index in [4.69, 9.17) is 9.47 Å². The standard InChI is InChI=1S/C13H19NO3S/c1-16-11-3-4-12(13(9-11)17-2)14-10-5-7-18(15)8-6-10/h3-4,9-10,14H,5-8H2,1-2H3. The smallest absolute Gasteiger partial charge is 0.145 e. The van der Waals surface area contributed by atoms with Crippen LogP contribution in [0.4, 0.5) is 5.69 Å². The molecule has 0 radical (unpaired) electrons. The molecule has 1 aliphatic heterocycles. The van der Waals surface area contributed by atoms with Crippen LogP contribution in [0.15, 0.2) is 18.2 Å². The molecule has 100 valence electrons. The highest BCUT2D eigenvalue weighted by Crippen LogP contribution is 2.30. The van der Waals surface area contributed by atoms with Gasteiger partial charge in [-0.25, -0.2) is 0 Å². The average molecular weight is 269 g/mol. The fourth-order valence-corrected chi connectivity index (χ4v) is 3.37. The van der Waals surface area contributed by atoms with Crippen molar-refractivity contribution in [2.24, 2.45) is 0 Å². The lowest BCUT2D eigenvalue weighted by Crippen LogP contribution is -2.29. The van der Waals surface area contributed by atoms with E-state index in [0.717, 1.165) is 41.5 Å². The Kier molecular flexibility index (Phi) is 4.47. The Balaban J connectivity index is 2.06. The Hall–Kier alpha value is -1.23. The SMILES string of the molecule is COc1ccc(NC2CCS(=O)CC2)c(OC)c1. The molecule has 1 heterocycles. The van der Waals surface area contributed by atoms with E-state index in [2.05, 4.69) is 5.32 Å². The van der Waals surface area contributed by atoms with E-state index < -0.39 is 10.8 Å². The highest BCUT2D eigenvalue weighted by atomic mass is 32.2. The van der Waals surface area contributed by atoms with Crippen molar-refractivity contribution < 1.29 is 13.7 Å². The fourth-order valence-electron chi connectivity index (χ4n) is 2.08. The lowest BCUT2D eigenvalue weighted by Gasteiger charge is -2.24. The molecule has 1 aliphatic rings. The molecule has 0 spiro atoms. The minimum absolute atomic E-state index is 0.380. The number of rotatable bonds is 4. The molecule has 1 aromatic rings. The predicted molar refractivity (Wildman–Crippen MR) is 74.1 cm³/mol. The van der Waals surface area contributed by atoms with Crippen molar-refractivity contribution in [1.29, 1.82) is 0 Å². The van der Waals surface area contributed by atoms with Gasteiger partial charge in [0.15, 0.2) is 0 Å². The van der Waals surface area contributed by atoms with Crippen LogP contribution in [-0.4, -0.2) is 36.0 Å². The molecule has 1 saturated heterocycles. The summed E-state index contributed by atoms with van der Waals surface area (Å²) < 4.78 is 21.8. The number of hydrogen-bond acceptors (Lipinski definition) is 4. The van der Waals surface area contributed by atoms with E-state index in [1.807, 2.05) is 18.2 Å². The molecule has 0 unspecified atom stereocenters. The van der Waals surface area contributed by atoms with Gasteiger partial charge in [0.2, 0.25) is 0 Å². The van der Waals surface area contributed by atoms with Crippen molar-refractivity contribution in [3.8, 4) is 11.5 Å². The van der Waals surface area contributed by atoms with E-state index in [9.17, 15) is 4.21 Å². The summed E-state index contributed by atoms with van der Waals surface area (Å²) in [4.78, 5) is 0. The lowest BCUT2D eigenvalue weighted by molar-refractivity contribution is 0.395. The zero-order chi connectivity index (χ0) is 13.0. The second-order valence-electron chi connectivity index (χ2n) is 4.33. The van der Waals surface area contributed by atoms with Gasteiger partial charge in [-0.1, -0.05) is 0 Å². The summed E-state index contributed by atoms with van der Waals surface area (Å²) in [6.45, 7) is 0. The fraction of sp³-hybridized carbons (Fsp3) is 0.538. The number of methoxy groups -OCH3 is 2. The third-order valence-corrected chi connectivity index (χ3v) is 4.54. The third kappa shape index (κ3) is 3.16. The molecule has 5 heteroatoms. The molecular formula is C13H19NO3S. The molecule has 0 saturated carbocycles. The molecule has 1 N–H and O–H groups in total. The second kappa shape index (κ2) is 6.09. The molecule has 18 heavy (non-hydrogen) atoms. The zero-order valence-corrected chi connectivity index (χ0v) is 11.6. The van der Waals surface area contributed by atoms with Gasteiger partial charge in [-0.05, 0) is 25.0 Å². The van der Waals surface area contributed by atoms with Crippen molar-refractivity contribution in [3.05, 3.63) is 18.2 Å². The number of benzene rings is 1. The molecule has 0 aliphatic carbocycles. The molecule has 0 atom stereocenters. The Labute approximate surface area is 110 Å². The van der Waals surface area contributed by atoms with E-state index >= 15 is 0 Å². The van der Waals surface area contributed by atoms with Crippen molar-refractivity contribution in [2.45, 2.75) is 18.9 Å². The van der Waals surface area contributed by atoms with Crippen LogP contribution in [0.3, 0.4) is 0 Å². The van der Waals surface area contributed by atoms with Crippen LogP contribution in [0, 0.1) is 0 Å². The quantitative estimate of drug-likeness (QED) is 0.908. The molecule has 0 amide bonds. The lowest BCUT2D eigenvalue weighted by atomic mass is 10.1. The Morgan fingerprint density at radius 2 is 1.94 bits per heavy atom. The molecule has 1 fully saturated rings. The van der Waals surface area contributed by atoms with Gasteiger partial charge in [0.25, 0.3) is 0 Å². The van der Waals surface area contributed by atoms with Crippen LogP contribution in [0.25, 0.3) is 0 Å². The summed E-state index contributed by atoms with van der Waals surface area (Å²) in [5.74, 6) is 3.13. The van der Waals surface area contributed by atoms with E-state index in [1.54, 1.807) is 14.2 Å². The topological polar surface area (TPSA) is 47.6 Å². The number of ether oxygens (including phenoxy) is 2. The first-order valence-corrected chi connectivity index (χ1v) is 7.55. The minimum Gasteiger partial charge on any atom is -0.497 e. The van der Waals surface area contributed by atoms with Gasteiger partial charge in [0, 0.05) is 34.4 Å². The Morgan fingerprint density at radius 3 is 2.56 bits per heavy atom. The van der Waals surface area contributed by atoms with Gasteiger partial charge in [-0.15, -0.1) is 0 Å². The van der Waals surface area contributed by atoms with Gasteiger partial charge in [0.05, 0.1) is 19.9 Å². The first-order valence-electron chi connectivity index (χ1n) is 6.06. The molecule has 4 nitrogen and oxygen atoms in total.